The van der Waals surface area contributed by atoms with Crippen LogP contribution < -0.4 is 10.6 Å². The number of thiocarbonyl (C=S) groups is 1. The number of aromatic nitrogens is 2. The molecule has 2 N–H and O–H groups in total. The predicted molar refractivity (Wildman–Crippen MR) is 152 cm³/mol. The molecule has 2 aromatic heterocycles. The zero-order valence-corrected chi connectivity index (χ0v) is 22.1. The lowest BCUT2D eigenvalue weighted by Crippen LogP contribution is -2.32. The average Bonchev–Trinajstić information content (AvgIpc) is 3.38. The Morgan fingerprint density at radius 1 is 1.00 bits per heavy atom. The van der Waals surface area contributed by atoms with Gasteiger partial charge in [0.2, 0.25) is 5.91 Å². The van der Waals surface area contributed by atoms with E-state index in [4.69, 9.17) is 12.2 Å². The normalized spacial score (nSPS) is 17.1. The van der Waals surface area contributed by atoms with E-state index in [0.717, 1.165) is 28.5 Å². The number of nitrogens with zero attached hydrogens (tertiary/aromatic N) is 3. The first-order valence-electron chi connectivity index (χ1n) is 12.5. The molecule has 0 bridgehead atoms. The topological polar surface area (TPSA) is 62.2 Å². The maximum atomic E-state index is 12.8. The van der Waals surface area contributed by atoms with Crippen molar-refractivity contribution in [2.75, 3.05) is 11.9 Å². The summed E-state index contributed by atoms with van der Waals surface area (Å²) in [5, 5.41) is 7.12. The summed E-state index contributed by atoms with van der Waals surface area (Å²) in [4.78, 5) is 19.6. The van der Waals surface area contributed by atoms with Crippen molar-refractivity contribution in [1.29, 1.82) is 0 Å². The first kappa shape index (κ1) is 24.7. The fourth-order valence-electron chi connectivity index (χ4n) is 5.20. The average molecular weight is 510 g/mol. The summed E-state index contributed by atoms with van der Waals surface area (Å²) in [5.41, 5.74) is 7.54. The number of rotatable bonds is 7. The van der Waals surface area contributed by atoms with E-state index in [1.165, 1.54) is 11.1 Å². The van der Waals surface area contributed by atoms with Gasteiger partial charge in [-0.1, -0.05) is 36.4 Å². The van der Waals surface area contributed by atoms with Gasteiger partial charge in [0.05, 0.1) is 17.8 Å². The first-order chi connectivity index (χ1) is 17.9. The maximum Gasteiger partial charge on any atom is 0.226 e. The lowest BCUT2D eigenvalue weighted by atomic mass is 9.96. The molecule has 7 heteroatoms. The van der Waals surface area contributed by atoms with Gasteiger partial charge in [0.15, 0.2) is 5.11 Å². The Balaban J connectivity index is 1.48. The fraction of sp³-hybridized carbons (Fsp3) is 0.233. The Morgan fingerprint density at radius 2 is 1.78 bits per heavy atom. The number of para-hydroxylation sites is 1. The Hall–Kier alpha value is -3.97. The van der Waals surface area contributed by atoms with Crippen LogP contribution in [0.3, 0.4) is 0 Å². The molecule has 188 valence electrons. The van der Waals surface area contributed by atoms with Crippen LogP contribution in [0, 0.1) is 20.8 Å². The summed E-state index contributed by atoms with van der Waals surface area (Å²) in [7, 11) is 0. The highest BCUT2D eigenvalue weighted by atomic mass is 32.1. The second kappa shape index (κ2) is 10.6. The number of hydrogen-bond donors (Lipinski definition) is 2. The number of carbonyl (C=O) groups excluding carboxylic acids is 1. The Bertz CT molecular complexity index is 1420. The molecule has 1 aliphatic rings. The van der Waals surface area contributed by atoms with Crippen molar-refractivity contribution >= 4 is 28.9 Å². The van der Waals surface area contributed by atoms with Crippen molar-refractivity contribution in [2.24, 2.45) is 0 Å². The van der Waals surface area contributed by atoms with Crippen molar-refractivity contribution in [3.05, 3.63) is 113 Å². The van der Waals surface area contributed by atoms with E-state index in [0.29, 0.717) is 18.1 Å². The fourth-order valence-corrected chi connectivity index (χ4v) is 5.54. The van der Waals surface area contributed by atoms with Crippen molar-refractivity contribution < 1.29 is 4.79 Å². The molecule has 0 spiro atoms. The molecular weight excluding hydrogens is 478 g/mol. The van der Waals surface area contributed by atoms with Gasteiger partial charge in [-0.05, 0) is 86.6 Å². The number of anilines is 1. The van der Waals surface area contributed by atoms with E-state index in [1.807, 2.05) is 54.7 Å². The van der Waals surface area contributed by atoms with Gasteiger partial charge in [-0.3, -0.25) is 9.78 Å². The van der Waals surface area contributed by atoms with Crippen LogP contribution in [0.4, 0.5) is 5.69 Å². The predicted octanol–water partition coefficient (Wildman–Crippen LogP) is 5.80. The third-order valence-corrected chi connectivity index (χ3v) is 7.24. The summed E-state index contributed by atoms with van der Waals surface area (Å²) in [6.07, 6.45) is 2.13. The van der Waals surface area contributed by atoms with Crippen LogP contribution in [0.25, 0.3) is 5.69 Å². The van der Waals surface area contributed by atoms with Crippen LogP contribution in [0.1, 0.15) is 46.7 Å². The molecule has 0 aliphatic carbocycles. The van der Waals surface area contributed by atoms with Gasteiger partial charge in [0, 0.05) is 41.9 Å². The molecule has 2 aromatic carbocycles. The Labute approximate surface area is 223 Å². The smallest absolute Gasteiger partial charge is 0.226 e. The summed E-state index contributed by atoms with van der Waals surface area (Å²) in [6, 6.07) is 26.0. The van der Waals surface area contributed by atoms with E-state index < -0.39 is 0 Å². The monoisotopic (exact) mass is 509 g/mol. The molecule has 4 aromatic rings. The molecule has 1 aliphatic heterocycles. The number of hydrogen-bond acceptors (Lipinski definition) is 3. The summed E-state index contributed by atoms with van der Waals surface area (Å²) in [5.74, 6) is -0.0423. The zero-order chi connectivity index (χ0) is 25.9. The van der Waals surface area contributed by atoms with Crippen LogP contribution in [-0.2, 0) is 4.79 Å². The Kier molecular flexibility index (Phi) is 7.06. The molecule has 2 atom stereocenters. The highest BCUT2D eigenvalue weighted by molar-refractivity contribution is 7.80. The van der Waals surface area contributed by atoms with Crippen molar-refractivity contribution in [3.63, 3.8) is 0 Å². The second-order valence-corrected chi connectivity index (χ2v) is 9.87. The van der Waals surface area contributed by atoms with Crippen molar-refractivity contribution in [2.45, 2.75) is 39.3 Å². The van der Waals surface area contributed by atoms with E-state index in [-0.39, 0.29) is 18.0 Å². The largest absolute Gasteiger partial charge is 0.352 e. The minimum atomic E-state index is -0.127. The molecular formula is C30H31N5OS. The third-order valence-electron chi connectivity index (χ3n) is 6.88. The van der Waals surface area contributed by atoms with Crippen LogP contribution in [-0.4, -0.2) is 32.0 Å². The summed E-state index contributed by atoms with van der Waals surface area (Å²) in [6.45, 7) is 6.89. The van der Waals surface area contributed by atoms with Crippen molar-refractivity contribution in [1.82, 2.24) is 19.8 Å². The van der Waals surface area contributed by atoms with Gasteiger partial charge >= 0.3 is 0 Å². The van der Waals surface area contributed by atoms with Gasteiger partial charge in [0.1, 0.15) is 0 Å². The number of nitrogens with one attached hydrogen (secondary N) is 2. The first-order valence-corrected chi connectivity index (χ1v) is 12.9. The maximum absolute atomic E-state index is 12.8. The molecule has 1 saturated heterocycles. The molecule has 2 unspecified atom stereocenters. The zero-order valence-electron chi connectivity index (χ0n) is 21.3. The van der Waals surface area contributed by atoms with Crippen molar-refractivity contribution in [3.8, 4) is 5.69 Å². The van der Waals surface area contributed by atoms with Gasteiger partial charge in [-0.25, -0.2) is 0 Å². The van der Waals surface area contributed by atoms with Gasteiger partial charge in [-0.15, -0.1) is 0 Å². The summed E-state index contributed by atoms with van der Waals surface area (Å²) < 4.78 is 2.29. The van der Waals surface area contributed by atoms with Gasteiger partial charge in [0.25, 0.3) is 0 Å². The van der Waals surface area contributed by atoms with Gasteiger partial charge < -0.3 is 20.1 Å². The van der Waals surface area contributed by atoms with Crippen LogP contribution in [0.5, 0.6) is 0 Å². The SMILES string of the molecule is Cc1cccc(-n2c(C)cc(C3C(c4ccccn4)NC(=S)N3CCC(=O)Nc3ccccc3)c2C)c1. The molecule has 1 amide bonds. The molecule has 37 heavy (non-hydrogen) atoms. The van der Waals surface area contributed by atoms with Crippen LogP contribution >= 0.6 is 12.2 Å². The molecule has 5 rings (SSSR count). The molecule has 6 nitrogen and oxygen atoms in total. The minimum Gasteiger partial charge on any atom is -0.352 e. The highest BCUT2D eigenvalue weighted by Gasteiger charge is 2.41. The molecule has 0 saturated carbocycles. The van der Waals surface area contributed by atoms with E-state index in [2.05, 4.69) is 76.2 Å². The lowest BCUT2D eigenvalue weighted by Gasteiger charge is -2.28. The molecule has 0 radical (unpaired) electrons. The van der Waals surface area contributed by atoms with E-state index >= 15 is 0 Å². The highest BCUT2D eigenvalue weighted by Crippen LogP contribution is 2.41. The lowest BCUT2D eigenvalue weighted by molar-refractivity contribution is -0.116. The van der Waals surface area contributed by atoms with Crippen LogP contribution in [0.15, 0.2) is 85.1 Å². The molecule has 3 heterocycles. The number of pyridine rings is 1. The number of benzene rings is 2. The number of aryl methyl sites for hydroxylation is 2. The summed E-state index contributed by atoms with van der Waals surface area (Å²) >= 11 is 5.82. The quantitative estimate of drug-likeness (QED) is 0.309. The van der Waals surface area contributed by atoms with Gasteiger partial charge in [-0.2, -0.15) is 0 Å². The van der Waals surface area contributed by atoms with E-state index in [9.17, 15) is 4.79 Å². The molecule has 1 fully saturated rings. The second-order valence-electron chi connectivity index (χ2n) is 9.49. The Morgan fingerprint density at radius 3 is 2.51 bits per heavy atom. The number of carbonyl (C=O) groups is 1. The number of amides is 1. The van der Waals surface area contributed by atoms with E-state index in [1.54, 1.807) is 0 Å². The standard InChI is InChI=1S/C30H31N5OS/c1-20-10-9-13-24(18-20)35-21(2)19-25(22(35)3)29-28(26-14-7-8-16-31-26)33-30(37)34(29)17-15-27(36)32-23-11-5-4-6-12-23/h4-14,16,18-19,28-29H,15,17H2,1-3H3,(H,32,36)(H,33,37). The third kappa shape index (κ3) is 5.13. The van der Waals surface area contributed by atoms with Crippen LogP contribution in [0.2, 0.25) is 0 Å². The minimum absolute atomic E-state index is 0.0423.